The van der Waals surface area contributed by atoms with Crippen LogP contribution >= 0.6 is 33.9 Å². The van der Waals surface area contributed by atoms with Crippen molar-refractivity contribution in [3.63, 3.8) is 0 Å². The molecular weight excluding hydrogens is 427 g/mol. The molecule has 116 valence electrons. The SMILES string of the molecule is Nc1sc(-c2cccc([N+](=O)[O-])c2)c(O)c1-c1cccc(I)c1. The fourth-order valence-corrected chi connectivity index (χ4v) is 3.84. The highest BCUT2D eigenvalue weighted by molar-refractivity contribution is 14.1. The van der Waals surface area contributed by atoms with Gasteiger partial charge in [0.2, 0.25) is 0 Å². The standard InChI is InChI=1S/C16H11IN2O3S/c17-11-5-1-3-9(7-11)13-14(20)15(23-16(13)18)10-4-2-6-12(8-10)19(21)22/h1-8,20H,18H2. The molecule has 0 fully saturated rings. The largest absolute Gasteiger partial charge is 0.506 e. The molecule has 3 rings (SSSR count). The maximum atomic E-state index is 10.9. The molecule has 3 N–H and O–H groups in total. The maximum Gasteiger partial charge on any atom is 0.270 e. The molecule has 0 aliphatic carbocycles. The molecule has 0 saturated heterocycles. The van der Waals surface area contributed by atoms with Gasteiger partial charge in [-0.1, -0.05) is 24.3 Å². The second-order valence-corrected chi connectivity index (χ2v) is 7.13. The summed E-state index contributed by atoms with van der Waals surface area (Å²) in [6.07, 6.45) is 0. The number of halogens is 1. The lowest BCUT2D eigenvalue weighted by atomic mass is 10.0. The van der Waals surface area contributed by atoms with Crippen LogP contribution in [0.25, 0.3) is 21.6 Å². The molecule has 0 radical (unpaired) electrons. The second-order valence-electron chi connectivity index (χ2n) is 4.84. The smallest absolute Gasteiger partial charge is 0.270 e. The van der Waals surface area contributed by atoms with Gasteiger partial charge in [0, 0.05) is 21.3 Å². The monoisotopic (exact) mass is 438 g/mol. The van der Waals surface area contributed by atoms with Crippen molar-refractivity contribution < 1.29 is 10.0 Å². The fraction of sp³-hybridized carbons (Fsp3) is 0. The Morgan fingerprint density at radius 1 is 1.13 bits per heavy atom. The molecule has 0 unspecified atom stereocenters. The Bertz CT molecular complexity index is 908. The van der Waals surface area contributed by atoms with Crippen LogP contribution in [0.3, 0.4) is 0 Å². The van der Waals surface area contributed by atoms with E-state index in [0.717, 1.165) is 9.13 Å². The van der Waals surface area contributed by atoms with E-state index in [9.17, 15) is 15.2 Å². The number of benzene rings is 2. The van der Waals surface area contributed by atoms with Gasteiger partial charge in [-0.15, -0.1) is 11.3 Å². The number of hydrogen-bond acceptors (Lipinski definition) is 5. The van der Waals surface area contributed by atoms with Crippen LogP contribution in [0.5, 0.6) is 5.75 Å². The summed E-state index contributed by atoms with van der Waals surface area (Å²) in [5.74, 6) is 0.0509. The van der Waals surface area contributed by atoms with Gasteiger partial charge in [-0.05, 0) is 40.3 Å². The third kappa shape index (κ3) is 3.02. The molecule has 0 atom stereocenters. The molecular formula is C16H11IN2O3S. The summed E-state index contributed by atoms with van der Waals surface area (Å²) < 4.78 is 1.03. The Kier molecular flexibility index (Phi) is 4.22. The van der Waals surface area contributed by atoms with E-state index >= 15 is 0 Å². The summed E-state index contributed by atoms with van der Waals surface area (Å²) in [6, 6.07) is 13.8. The zero-order valence-corrected chi connectivity index (χ0v) is 14.7. The van der Waals surface area contributed by atoms with Crippen LogP contribution < -0.4 is 5.73 Å². The molecule has 1 aromatic heterocycles. The number of nitrogens with two attached hydrogens (primary N) is 1. The number of nitrogens with zero attached hydrogens (tertiary/aromatic N) is 1. The van der Waals surface area contributed by atoms with E-state index in [1.54, 1.807) is 12.1 Å². The molecule has 0 aliphatic heterocycles. The molecule has 0 aliphatic rings. The first kappa shape index (κ1) is 15.8. The Morgan fingerprint density at radius 2 is 1.83 bits per heavy atom. The number of aromatic hydroxyl groups is 1. The van der Waals surface area contributed by atoms with Crippen LogP contribution in [0.2, 0.25) is 0 Å². The lowest BCUT2D eigenvalue weighted by Gasteiger charge is -2.03. The van der Waals surface area contributed by atoms with Crippen molar-refractivity contribution in [1.29, 1.82) is 0 Å². The number of thiophene rings is 1. The minimum atomic E-state index is -0.460. The average molecular weight is 438 g/mol. The number of hydrogen-bond donors (Lipinski definition) is 2. The molecule has 0 spiro atoms. The molecule has 23 heavy (non-hydrogen) atoms. The third-order valence-electron chi connectivity index (χ3n) is 3.34. The van der Waals surface area contributed by atoms with Gasteiger partial charge in [-0.3, -0.25) is 10.1 Å². The predicted molar refractivity (Wildman–Crippen MR) is 101 cm³/mol. The van der Waals surface area contributed by atoms with Crippen LogP contribution in [0.1, 0.15) is 0 Å². The highest BCUT2D eigenvalue weighted by Crippen LogP contribution is 2.49. The molecule has 1 heterocycles. The zero-order valence-electron chi connectivity index (χ0n) is 11.7. The summed E-state index contributed by atoms with van der Waals surface area (Å²) >= 11 is 3.41. The van der Waals surface area contributed by atoms with Crippen LogP contribution in [0.4, 0.5) is 10.7 Å². The Morgan fingerprint density at radius 3 is 2.52 bits per heavy atom. The Hall–Kier alpha value is -2.13. The van der Waals surface area contributed by atoms with Crippen molar-refractivity contribution in [3.05, 3.63) is 62.2 Å². The first-order chi connectivity index (χ1) is 11.0. The number of non-ortho nitro benzene ring substituents is 1. The van der Waals surface area contributed by atoms with Crippen LogP contribution in [0, 0.1) is 13.7 Å². The third-order valence-corrected chi connectivity index (χ3v) is 5.07. The summed E-state index contributed by atoms with van der Waals surface area (Å²) in [5.41, 5.74) is 8.02. The summed E-state index contributed by atoms with van der Waals surface area (Å²) in [5, 5.41) is 22.0. The molecule has 7 heteroatoms. The van der Waals surface area contributed by atoms with Gasteiger partial charge in [0.05, 0.1) is 20.4 Å². The van der Waals surface area contributed by atoms with Crippen molar-refractivity contribution >= 4 is 44.6 Å². The molecule has 2 aromatic carbocycles. The number of nitrogen functional groups attached to an aromatic ring is 1. The molecule has 0 amide bonds. The zero-order chi connectivity index (χ0) is 16.6. The Balaban J connectivity index is 2.15. The van der Waals surface area contributed by atoms with Crippen molar-refractivity contribution in [2.45, 2.75) is 0 Å². The maximum absolute atomic E-state index is 10.9. The number of nitro groups is 1. The fourth-order valence-electron chi connectivity index (χ4n) is 2.32. The van der Waals surface area contributed by atoms with Crippen LogP contribution in [-0.2, 0) is 0 Å². The van der Waals surface area contributed by atoms with Gasteiger partial charge in [0.25, 0.3) is 5.69 Å². The van der Waals surface area contributed by atoms with Crippen molar-refractivity contribution in [3.8, 4) is 27.3 Å². The van der Waals surface area contributed by atoms with Crippen molar-refractivity contribution in [1.82, 2.24) is 0 Å². The highest BCUT2D eigenvalue weighted by atomic mass is 127. The van der Waals surface area contributed by atoms with E-state index in [-0.39, 0.29) is 11.4 Å². The predicted octanol–water partition coefficient (Wildman–Crippen LogP) is 4.88. The van der Waals surface area contributed by atoms with E-state index in [1.807, 2.05) is 24.3 Å². The lowest BCUT2D eigenvalue weighted by molar-refractivity contribution is -0.384. The topological polar surface area (TPSA) is 89.4 Å². The van der Waals surface area contributed by atoms with Crippen molar-refractivity contribution in [2.24, 2.45) is 0 Å². The molecule has 0 bridgehead atoms. The first-order valence-corrected chi connectivity index (χ1v) is 8.49. The van der Waals surface area contributed by atoms with Crippen molar-refractivity contribution in [2.75, 3.05) is 5.73 Å². The van der Waals surface area contributed by atoms with Gasteiger partial charge in [-0.25, -0.2) is 0 Å². The van der Waals surface area contributed by atoms with E-state index in [2.05, 4.69) is 22.6 Å². The molecule has 5 nitrogen and oxygen atoms in total. The minimum Gasteiger partial charge on any atom is -0.506 e. The quantitative estimate of drug-likeness (QED) is 0.347. The molecule has 3 aromatic rings. The number of anilines is 1. The van der Waals surface area contributed by atoms with Gasteiger partial charge >= 0.3 is 0 Å². The van der Waals surface area contributed by atoms with Crippen LogP contribution in [0.15, 0.2) is 48.5 Å². The normalized spacial score (nSPS) is 10.7. The van der Waals surface area contributed by atoms with E-state index < -0.39 is 4.92 Å². The highest BCUT2D eigenvalue weighted by Gasteiger charge is 2.20. The second kappa shape index (κ2) is 6.17. The Labute approximate surface area is 149 Å². The number of nitro benzene ring substituents is 1. The first-order valence-electron chi connectivity index (χ1n) is 6.59. The number of rotatable bonds is 3. The minimum absolute atomic E-state index is 0.0234. The average Bonchev–Trinajstić information content (AvgIpc) is 2.82. The van der Waals surface area contributed by atoms with E-state index in [1.165, 1.54) is 23.5 Å². The van der Waals surface area contributed by atoms with Gasteiger partial charge in [0.1, 0.15) is 5.75 Å². The lowest BCUT2D eigenvalue weighted by Crippen LogP contribution is -1.87. The van der Waals surface area contributed by atoms with Gasteiger partial charge in [0.15, 0.2) is 0 Å². The summed E-state index contributed by atoms with van der Waals surface area (Å²) in [7, 11) is 0. The van der Waals surface area contributed by atoms with Crippen LogP contribution in [-0.4, -0.2) is 10.0 Å². The van der Waals surface area contributed by atoms with E-state index in [0.29, 0.717) is 21.0 Å². The van der Waals surface area contributed by atoms with E-state index in [4.69, 9.17) is 5.73 Å². The summed E-state index contributed by atoms with van der Waals surface area (Å²) in [4.78, 5) is 11.0. The summed E-state index contributed by atoms with van der Waals surface area (Å²) in [6.45, 7) is 0. The van der Waals surface area contributed by atoms with Gasteiger partial charge in [-0.2, -0.15) is 0 Å². The van der Waals surface area contributed by atoms with Gasteiger partial charge < -0.3 is 10.8 Å². The molecule has 0 saturated carbocycles.